The van der Waals surface area contributed by atoms with Crippen molar-refractivity contribution in [3.63, 3.8) is 0 Å². The Bertz CT molecular complexity index is 408. The van der Waals surface area contributed by atoms with Crippen LogP contribution in [0.25, 0.3) is 0 Å². The molecule has 1 aromatic carbocycles. The monoisotopic (exact) mass is 262 g/mol. The first-order chi connectivity index (χ1) is 8.81. The smallest absolute Gasteiger partial charge is 0.191 e. The maximum Gasteiger partial charge on any atom is 0.191 e. The van der Waals surface area contributed by atoms with Crippen molar-refractivity contribution in [1.29, 1.82) is 0 Å². The average Bonchev–Trinajstić information content (AvgIpc) is 2.38. The van der Waals surface area contributed by atoms with E-state index >= 15 is 0 Å². The van der Waals surface area contributed by atoms with Gasteiger partial charge in [-0.2, -0.15) is 0 Å². The molecule has 0 spiro atoms. The summed E-state index contributed by atoms with van der Waals surface area (Å²) < 4.78 is 0. The second-order valence-electron chi connectivity index (χ2n) is 6.21. The number of hydrogen-bond acceptors (Lipinski definition) is 2. The van der Waals surface area contributed by atoms with Crippen LogP contribution in [0.15, 0.2) is 24.3 Å². The number of ketones is 1. The molecule has 0 aromatic heterocycles. The highest BCUT2D eigenvalue weighted by Crippen LogP contribution is 2.23. The van der Waals surface area contributed by atoms with E-state index in [1.807, 2.05) is 38.1 Å². The number of carbonyl (C=O) groups is 1. The Morgan fingerprint density at radius 3 is 1.95 bits per heavy atom. The SMILES string of the molecule is CCC(CC)C(O)C(=O)c1ccc(C(C)(C)C)cc1. The molecule has 1 aromatic rings. The van der Waals surface area contributed by atoms with Crippen molar-refractivity contribution in [1.82, 2.24) is 0 Å². The number of aliphatic hydroxyl groups is 1. The van der Waals surface area contributed by atoms with E-state index in [4.69, 9.17) is 0 Å². The summed E-state index contributed by atoms with van der Waals surface area (Å²) in [5, 5.41) is 10.1. The zero-order valence-corrected chi connectivity index (χ0v) is 12.7. The van der Waals surface area contributed by atoms with Gasteiger partial charge in [0.1, 0.15) is 6.10 Å². The molecule has 0 fully saturated rings. The summed E-state index contributed by atoms with van der Waals surface area (Å²) in [6.45, 7) is 10.4. The number of rotatable bonds is 5. The van der Waals surface area contributed by atoms with Crippen LogP contribution in [-0.4, -0.2) is 17.0 Å². The van der Waals surface area contributed by atoms with Crippen LogP contribution in [0.2, 0.25) is 0 Å². The molecule has 1 atom stereocenters. The van der Waals surface area contributed by atoms with Crippen LogP contribution in [0.4, 0.5) is 0 Å². The molecule has 0 aliphatic rings. The van der Waals surface area contributed by atoms with E-state index in [0.717, 1.165) is 12.8 Å². The Hall–Kier alpha value is -1.15. The second kappa shape index (κ2) is 6.33. The highest BCUT2D eigenvalue weighted by atomic mass is 16.3. The predicted molar refractivity (Wildman–Crippen MR) is 79.6 cm³/mol. The minimum Gasteiger partial charge on any atom is -0.385 e. The van der Waals surface area contributed by atoms with Gasteiger partial charge in [0.05, 0.1) is 0 Å². The molecule has 2 heteroatoms. The summed E-state index contributed by atoms with van der Waals surface area (Å²) in [5.74, 6) is -0.107. The standard InChI is InChI=1S/C17H26O2/c1-6-12(7-2)15(18)16(19)13-8-10-14(11-9-13)17(3,4)5/h8-12,15,18H,6-7H2,1-5H3. The van der Waals surface area contributed by atoms with E-state index in [1.165, 1.54) is 5.56 Å². The van der Waals surface area contributed by atoms with Crippen molar-refractivity contribution in [2.24, 2.45) is 5.92 Å². The van der Waals surface area contributed by atoms with E-state index < -0.39 is 6.10 Å². The van der Waals surface area contributed by atoms with Gasteiger partial charge < -0.3 is 5.11 Å². The number of benzene rings is 1. The second-order valence-corrected chi connectivity index (χ2v) is 6.21. The summed E-state index contributed by atoms with van der Waals surface area (Å²) in [4.78, 5) is 12.2. The van der Waals surface area contributed by atoms with Crippen LogP contribution in [0.1, 0.15) is 63.4 Å². The molecule has 19 heavy (non-hydrogen) atoms. The van der Waals surface area contributed by atoms with Gasteiger partial charge in [0.25, 0.3) is 0 Å². The first-order valence-corrected chi connectivity index (χ1v) is 7.14. The van der Waals surface area contributed by atoms with Crippen molar-refractivity contribution < 1.29 is 9.90 Å². The fraction of sp³-hybridized carbons (Fsp3) is 0.588. The van der Waals surface area contributed by atoms with Crippen LogP contribution in [0.3, 0.4) is 0 Å². The average molecular weight is 262 g/mol. The van der Waals surface area contributed by atoms with E-state index in [2.05, 4.69) is 20.8 Å². The Kier molecular flexibility index (Phi) is 5.30. The topological polar surface area (TPSA) is 37.3 Å². The molecule has 0 bridgehead atoms. The molecule has 1 rings (SSSR count). The largest absolute Gasteiger partial charge is 0.385 e. The van der Waals surface area contributed by atoms with Crippen LogP contribution in [0.5, 0.6) is 0 Å². The first-order valence-electron chi connectivity index (χ1n) is 7.14. The third kappa shape index (κ3) is 3.90. The fourth-order valence-corrected chi connectivity index (χ4v) is 2.25. The molecule has 0 aliphatic heterocycles. The number of carbonyl (C=O) groups excluding carboxylic acids is 1. The lowest BCUT2D eigenvalue weighted by Gasteiger charge is -2.21. The summed E-state index contributed by atoms with van der Waals surface area (Å²) in [5.41, 5.74) is 1.88. The van der Waals surface area contributed by atoms with Crippen LogP contribution in [-0.2, 0) is 5.41 Å². The molecule has 106 valence electrons. The van der Waals surface area contributed by atoms with Gasteiger partial charge in [0.2, 0.25) is 0 Å². The van der Waals surface area contributed by atoms with Crippen LogP contribution >= 0.6 is 0 Å². The van der Waals surface area contributed by atoms with Crippen molar-refractivity contribution in [3.8, 4) is 0 Å². The van der Waals surface area contributed by atoms with Crippen molar-refractivity contribution in [2.75, 3.05) is 0 Å². The van der Waals surface area contributed by atoms with E-state index in [0.29, 0.717) is 5.56 Å². The minimum atomic E-state index is -0.879. The normalized spacial score (nSPS) is 13.6. The van der Waals surface area contributed by atoms with Gasteiger partial charge in [-0.05, 0) is 16.9 Å². The van der Waals surface area contributed by atoms with Gasteiger partial charge in [0.15, 0.2) is 5.78 Å². The molecule has 0 heterocycles. The molecular formula is C17H26O2. The van der Waals surface area contributed by atoms with Crippen LogP contribution in [0, 0.1) is 5.92 Å². The van der Waals surface area contributed by atoms with Gasteiger partial charge in [-0.25, -0.2) is 0 Å². The van der Waals surface area contributed by atoms with Gasteiger partial charge in [0, 0.05) is 5.56 Å². The molecule has 0 saturated heterocycles. The van der Waals surface area contributed by atoms with Gasteiger partial charge in [-0.3, -0.25) is 4.79 Å². The van der Waals surface area contributed by atoms with Gasteiger partial charge >= 0.3 is 0 Å². The highest BCUT2D eigenvalue weighted by Gasteiger charge is 2.24. The quantitative estimate of drug-likeness (QED) is 0.815. The lowest BCUT2D eigenvalue weighted by atomic mass is 9.85. The maximum absolute atomic E-state index is 12.2. The number of Topliss-reactive ketones (excluding diaryl/α,β-unsaturated/α-hetero) is 1. The Balaban J connectivity index is 2.89. The number of aliphatic hydroxyl groups excluding tert-OH is 1. The van der Waals surface area contributed by atoms with Gasteiger partial charge in [-0.15, -0.1) is 0 Å². The molecule has 0 amide bonds. The summed E-state index contributed by atoms with van der Waals surface area (Å²) in [7, 11) is 0. The molecule has 2 nitrogen and oxygen atoms in total. The third-order valence-electron chi connectivity index (χ3n) is 3.80. The molecule has 0 aliphatic carbocycles. The lowest BCUT2D eigenvalue weighted by Crippen LogP contribution is -2.29. The fourth-order valence-electron chi connectivity index (χ4n) is 2.25. The van der Waals surface area contributed by atoms with Crippen LogP contribution < -0.4 is 0 Å². The Morgan fingerprint density at radius 1 is 1.11 bits per heavy atom. The summed E-state index contributed by atoms with van der Waals surface area (Å²) >= 11 is 0. The Morgan fingerprint density at radius 2 is 1.58 bits per heavy atom. The Labute approximate surface area is 116 Å². The zero-order chi connectivity index (χ0) is 14.6. The minimum absolute atomic E-state index is 0.0507. The highest BCUT2D eigenvalue weighted by molar-refractivity contribution is 5.99. The van der Waals surface area contributed by atoms with E-state index in [9.17, 15) is 9.90 Å². The molecule has 1 unspecified atom stereocenters. The van der Waals surface area contributed by atoms with E-state index in [-0.39, 0.29) is 17.1 Å². The van der Waals surface area contributed by atoms with E-state index in [1.54, 1.807) is 0 Å². The summed E-state index contributed by atoms with van der Waals surface area (Å²) in [6.07, 6.45) is 0.767. The van der Waals surface area contributed by atoms with Crippen molar-refractivity contribution in [3.05, 3.63) is 35.4 Å². The van der Waals surface area contributed by atoms with Crippen molar-refractivity contribution >= 4 is 5.78 Å². The maximum atomic E-state index is 12.2. The van der Waals surface area contributed by atoms with Gasteiger partial charge in [-0.1, -0.05) is 71.7 Å². The zero-order valence-electron chi connectivity index (χ0n) is 12.7. The summed E-state index contributed by atoms with van der Waals surface area (Å²) in [6, 6.07) is 7.61. The molecule has 0 saturated carbocycles. The molecule has 1 N–H and O–H groups in total. The lowest BCUT2D eigenvalue weighted by molar-refractivity contribution is 0.0588. The molecular weight excluding hydrogens is 236 g/mol. The molecule has 0 radical (unpaired) electrons. The first kappa shape index (κ1) is 15.9. The predicted octanol–water partition coefficient (Wildman–Crippen LogP) is 3.96. The van der Waals surface area contributed by atoms with Crippen molar-refractivity contribution in [2.45, 2.75) is 59.0 Å². The number of hydrogen-bond donors (Lipinski definition) is 1. The third-order valence-corrected chi connectivity index (χ3v) is 3.80.